The molecular weight excluding hydrogens is 288 g/mol. The van der Waals surface area contributed by atoms with E-state index < -0.39 is 5.54 Å². The molecule has 0 saturated heterocycles. The van der Waals surface area contributed by atoms with Gasteiger partial charge in [0.1, 0.15) is 5.76 Å². The molecule has 1 rings (SSSR count). The molecule has 1 saturated carbocycles. The van der Waals surface area contributed by atoms with Crippen LogP contribution in [0.4, 0.5) is 0 Å². The first kappa shape index (κ1) is 19.8. The molecule has 0 bridgehead atoms. The van der Waals surface area contributed by atoms with E-state index >= 15 is 0 Å². The number of ether oxygens (including phenoxy) is 1. The third kappa shape index (κ3) is 6.38. The lowest BCUT2D eigenvalue weighted by Gasteiger charge is -2.33. The number of allylic oxidation sites excluding steroid dienone is 2. The molecular formula is C19H34N2O2. The van der Waals surface area contributed by atoms with E-state index in [9.17, 15) is 4.79 Å². The van der Waals surface area contributed by atoms with Crippen molar-refractivity contribution >= 4 is 5.91 Å². The van der Waals surface area contributed by atoms with Gasteiger partial charge in [-0.15, -0.1) is 0 Å². The minimum Gasteiger partial charge on any atom is -0.500 e. The van der Waals surface area contributed by atoms with Crippen molar-refractivity contribution in [3.05, 3.63) is 24.1 Å². The second-order valence-electron chi connectivity index (χ2n) is 8.05. The molecule has 1 fully saturated rings. The van der Waals surface area contributed by atoms with Crippen molar-refractivity contribution in [3.63, 3.8) is 0 Å². The van der Waals surface area contributed by atoms with Crippen molar-refractivity contribution in [3.8, 4) is 0 Å². The molecule has 23 heavy (non-hydrogen) atoms. The molecule has 1 aliphatic rings. The Balaban J connectivity index is 2.65. The molecule has 4 heteroatoms. The molecule has 0 aromatic carbocycles. The Bertz CT molecular complexity index is 452. The zero-order valence-electron chi connectivity index (χ0n) is 15.7. The quantitative estimate of drug-likeness (QED) is 0.576. The summed E-state index contributed by atoms with van der Waals surface area (Å²) in [5.74, 6) is 0.731. The van der Waals surface area contributed by atoms with E-state index in [-0.39, 0.29) is 11.3 Å². The molecule has 1 amide bonds. The fraction of sp³-hybridized carbons (Fsp3) is 0.737. The van der Waals surface area contributed by atoms with Gasteiger partial charge in [-0.25, -0.2) is 0 Å². The lowest BCUT2D eigenvalue weighted by atomic mass is 9.92. The van der Waals surface area contributed by atoms with Gasteiger partial charge in [-0.05, 0) is 32.8 Å². The summed E-state index contributed by atoms with van der Waals surface area (Å²) in [6.07, 6.45) is 7.89. The third-order valence-electron chi connectivity index (χ3n) is 4.28. The maximum Gasteiger partial charge on any atom is 0.244 e. The number of amides is 1. The monoisotopic (exact) mass is 322 g/mol. The van der Waals surface area contributed by atoms with Gasteiger partial charge < -0.3 is 15.4 Å². The van der Waals surface area contributed by atoms with Crippen LogP contribution in [-0.4, -0.2) is 24.6 Å². The van der Waals surface area contributed by atoms with E-state index in [0.717, 1.165) is 18.6 Å². The largest absolute Gasteiger partial charge is 0.500 e. The zero-order chi connectivity index (χ0) is 17.7. The van der Waals surface area contributed by atoms with Crippen LogP contribution in [0.1, 0.15) is 66.7 Å². The van der Waals surface area contributed by atoms with Crippen molar-refractivity contribution < 1.29 is 9.53 Å². The molecule has 4 nitrogen and oxygen atoms in total. The van der Waals surface area contributed by atoms with Crippen LogP contribution in [0, 0.1) is 5.41 Å². The smallest absolute Gasteiger partial charge is 0.244 e. The molecule has 0 heterocycles. The molecule has 0 spiro atoms. The van der Waals surface area contributed by atoms with Gasteiger partial charge in [-0.3, -0.25) is 4.79 Å². The summed E-state index contributed by atoms with van der Waals surface area (Å²) in [7, 11) is 1.64. The van der Waals surface area contributed by atoms with Gasteiger partial charge in [0, 0.05) is 17.2 Å². The number of hydrogen-bond acceptors (Lipinski definition) is 3. The highest BCUT2D eigenvalue weighted by Gasteiger charge is 2.31. The predicted octanol–water partition coefficient (Wildman–Crippen LogP) is 3.89. The summed E-state index contributed by atoms with van der Waals surface area (Å²) < 4.78 is 5.41. The SMILES string of the molecule is C=C(/C=C(\OC)C(C)(C)C)NC(=O)C(C)(C)NC1CCCCC1. The maximum absolute atomic E-state index is 12.6. The van der Waals surface area contributed by atoms with Crippen molar-refractivity contribution in [1.82, 2.24) is 10.6 Å². The molecule has 0 radical (unpaired) electrons. The second kappa shape index (κ2) is 8.00. The van der Waals surface area contributed by atoms with E-state index in [4.69, 9.17) is 4.74 Å². The molecule has 1 aliphatic carbocycles. The molecule has 0 unspecified atom stereocenters. The van der Waals surface area contributed by atoms with Gasteiger partial charge in [0.25, 0.3) is 0 Å². The van der Waals surface area contributed by atoms with E-state index in [2.05, 4.69) is 38.0 Å². The van der Waals surface area contributed by atoms with Crippen LogP contribution in [0.2, 0.25) is 0 Å². The van der Waals surface area contributed by atoms with Crippen LogP contribution >= 0.6 is 0 Å². The van der Waals surface area contributed by atoms with Crippen molar-refractivity contribution in [2.24, 2.45) is 5.41 Å². The summed E-state index contributed by atoms with van der Waals surface area (Å²) in [6, 6.07) is 0.428. The number of carbonyl (C=O) groups excluding carboxylic acids is 1. The first-order valence-corrected chi connectivity index (χ1v) is 8.60. The van der Waals surface area contributed by atoms with Crippen molar-refractivity contribution in [2.45, 2.75) is 78.3 Å². The van der Waals surface area contributed by atoms with Crippen molar-refractivity contribution in [1.29, 1.82) is 0 Å². The average Bonchev–Trinajstić information content (AvgIpc) is 2.44. The van der Waals surface area contributed by atoms with E-state index in [1.807, 2.05) is 13.8 Å². The molecule has 0 atom stereocenters. The number of methoxy groups -OCH3 is 1. The Morgan fingerprint density at radius 3 is 2.17 bits per heavy atom. The Hall–Kier alpha value is -1.29. The summed E-state index contributed by atoms with van der Waals surface area (Å²) in [6.45, 7) is 14.0. The maximum atomic E-state index is 12.6. The summed E-state index contributed by atoms with van der Waals surface area (Å²) in [5, 5.41) is 6.39. The summed E-state index contributed by atoms with van der Waals surface area (Å²) in [5.41, 5.74) is -0.188. The Morgan fingerprint density at radius 2 is 1.70 bits per heavy atom. The number of nitrogens with one attached hydrogen (secondary N) is 2. The van der Waals surface area contributed by atoms with Gasteiger partial charge in [-0.2, -0.15) is 0 Å². The Morgan fingerprint density at radius 1 is 1.13 bits per heavy atom. The Labute approximate surface area is 141 Å². The number of hydrogen-bond donors (Lipinski definition) is 2. The first-order valence-electron chi connectivity index (χ1n) is 8.60. The highest BCUT2D eigenvalue weighted by Crippen LogP contribution is 2.26. The molecule has 0 aliphatic heterocycles. The fourth-order valence-electron chi connectivity index (χ4n) is 2.90. The van der Waals surface area contributed by atoms with Crippen LogP contribution in [0.3, 0.4) is 0 Å². The molecule has 132 valence electrons. The van der Waals surface area contributed by atoms with Gasteiger partial charge >= 0.3 is 0 Å². The second-order valence-corrected chi connectivity index (χ2v) is 8.05. The van der Waals surface area contributed by atoms with E-state index in [1.54, 1.807) is 13.2 Å². The summed E-state index contributed by atoms with van der Waals surface area (Å²) >= 11 is 0. The molecule has 2 N–H and O–H groups in total. The standard InChI is InChI=1S/C19H34N2O2/c1-14(13-16(23-7)18(2,3)4)20-17(22)19(5,6)21-15-11-9-8-10-12-15/h13,15,21H,1,8-12H2,2-7H3,(H,20,22)/b16-13-. The highest BCUT2D eigenvalue weighted by atomic mass is 16.5. The topological polar surface area (TPSA) is 50.4 Å². The van der Waals surface area contributed by atoms with Crippen molar-refractivity contribution in [2.75, 3.05) is 7.11 Å². The summed E-state index contributed by atoms with van der Waals surface area (Å²) in [4.78, 5) is 12.6. The van der Waals surface area contributed by atoms with Crippen LogP contribution < -0.4 is 10.6 Å². The zero-order valence-corrected chi connectivity index (χ0v) is 15.7. The Kier molecular flexibility index (Phi) is 6.87. The number of carbonyl (C=O) groups is 1. The third-order valence-corrected chi connectivity index (χ3v) is 4.28. The molecule has 0 aromatic heterocycles. The van der Waals surface area contributed by atoms with E-state index in [1.165, 1.54) is 19.3 Å². The fourth-order valence-corrected chi connectivity index (χ4v) is 2.90. The van der Waals surface area contributed by atoms with Crippen LogP contribution in [0.15, 0.2) is 24.1 Å². The number of rotatable bonds is 6. The minimum absolute atomic E-state index is 0.0614. The normalized spacial score (nSPS) is 17.7. The highest BCUT2D eigenvalue weighted by molar-refractivity contribution is 5.87. The van der Waals surface area contributed by atoms with Gasteiger partial charge in [0.05, 0.1) is 12.6 Å². The van der Waals surface area contributed by atoms with Crippen LogP contribution in [-0.2, 0) is 9.53 Å². The van der Waals surface area contributed by atoms with Crippen LogP contribution in [0.25, 0.3) is 0 Å². The molecule has 0 aromatic rings. The van der Waals surface area contributed by atoms with Gasteiger partial charge in [0.15, 0.2) is 0 Å². The lowest BCUT2D eigenvalue weighted by molar-refractivity contribution is -0.126. The lowest BCUT2D eigenvalue weighted by Crippen LogP contribution is -2.56. The van der Waals surface area contributed by atoms with Gasteiger partial charge in [0.2, 0.25) is 5.91 Å². The predicted molar refractivity (Wildman–Crippen MR) is 95.9 cm³/mol. The first-order chi connectivity index (χ1) is 10.6. The van der Waals surface area contributed by atoms with E-state index in [0.29, 0.717) is 11.7 Å². The van der Waals surface area contributed by atoms with Gasteiger partial charge in [-0.1, -0.05) is 46.6 Å². The minimum atomic E-state index is -0.617. The van der Waals surface area contributed by atoms with Crippen LogP contribution in [0.5, 0.6) is 0 Å². The average molecular weight is 322 g/mol.